The summed E-state index contributed by atoms with van der Waals surface area (Å²) in [5.74, 6) is 0. The van der Waals surface area contributed by atoms with Crippen molar-refractivity contribution in [3.05, 3.63) is 51.0 Å². The molecule has 0 aliphatic heterocycles. The number of hydrogen-bond donors (Lipinski definition) is 0. The molecule has 2 aromatic rings. The molecule has 1 aromatic carbocycles. The van der Waals surface area contributed by atoms with Crippen LogP contribution in [0.1, 0.15) is 5.69 Å². The van der Waals surface area contributed by atoms with Gasteiger partial charge in [0.2, 0.25) is 0 Å². The normalized spacial score (nSPS) is 11.6. The van der Waals surface area contributed by atoms with E-state index in [1.165, 1.54) is 0 Å². The van der Waals surface area contributed by atoms with Gasteiger partial charge in [-0.3, -0.25) is 4.57 Å². The van der Waals surface area contributed by atoms with Gasteiger partial charge in [0.1, 0.15) is 5.69 Å². The fourth-order valence-electron chi connectivity index (χ4n) is 1.58. The third kappa shape index (κ3) is 2.86. The van der Waals surface area contributed by atoms with E-state index in [-0.39, 0.29) is 5.69 Å². The molecule has 0 saturated heterocycles. The van der Waals surface area contributed by atoms with Gasteiger partial charge in [0.25, 0.3) is 0 Å². The molecule has 0 fully saturated rings. The molecule has 2 rings (SSSR count). The Labute approximate surface area is 114 Å². The number of halogens is 4. The van der Waals surface area contributed by atoms with Crippen LogP contribution in [-0.4, -0.2) is 9.55 Å². The molecule has 100 valence electrons. The van der Waals surface area contributed by atoms with E-state index in [0.29, 0.717) is 10.1 Å². The Hall–Kier alpha value is -1.63. The maximum absolute atomic E-state index is 12.8. The maximum Gasteiger partial charge on any atom is 0.431 e. The lowest BCUT2D eigenvalue weighted by molar-refractivity contribution is -0.143. The molecule has 0 unspecified atom stereocenters. The zero-order valence-electron chi connectivity index (χ0n) is 9.70. The van der Waals surface area contributed by atoms with E-state index in [4.69, 9.17) is 0 Å². The Morgan fingerprint density at radius 1 is 1.21 bits per heavy atom. The molecule has 1 aromatic heterocycles. The first-order valence-corrected chi connectivity index (χ1v) is 5.99. The Morgan fingerprint density at radius 3 is 2.32 bits per heavy atom. The van der Waals surface area contributed by atoms with Crippen LogP contribution >= 0.6 is 15.9 Å². The number of nitrogens with zero attached hydrogens (tertiary/aromatic N) is 2. The first-order chi connectivity index (χ1) is 8.79. The molecule has 0 spiro atoms. The predicted molar refractivity (Wildman–Crippen MR) is 67.6 cm³/mol. The van der Waals surface area contributed by atoms with E-state index in [2.05, 4.69) is 20.9 Å². The van der Waals surface area contributed by atoms with E-state index >= 15 is 0 Å². The Kier molecular flexibility index (Phi) is 3.49. The molecule has 0 atom stereocenters. The van der Waals surface area contributed by atoms with Gasteiger partial charge < -0.3 is 0 Å². The van der Waals surface area contributed by atoms with Gasteiger partial charge in [0, 0.05) is 17.1 Å². The monoisotopic (exact) mass is 332 g/mol. The van der Waals surface area contributed by atoms with E-state index in [1.807, 2.05) is 0 Å². The third-order valence-electron chi connectivity index (χ3n) is 2.57. The molecular weight excluding hydrogens is 325 g/mol. The van der Waals surface area contributed by atoms with Gasteiger partial charge in [-0.2, -0.15) is 18.2 Å². The summed E-state index contributed by atoms with van der Waals surface area (Å²) in [5, 5.41) is 0. The second-order valence-electron chi connectivity index (χ2n) is 3.87. The van der Waals surface area contributed by atoms with Gasteiger partial charge in [-0.05, 0) is 18.2 Å². The van der Waals surface area contributed by atoms with Crippen LogP contribution in [0.15, 0.2) is 39.6 Å². The van der Waals surface area contributed by atoms with Gasteiger partial charge >= 0.3 is 11.9 Å². The summed E-state index contributed by atoms with van der Waals surface area (Å²) >= 11 is 3.22. The molecule has 0 aliphatic carbocycles. The molecular formula is C12H8BrF3N2O. The summed E-state index contributed by atoms with van der Waals surface area (Å²) in [4.78, 5) is 15.1. The van der Waals surface area contributed by atoms with Crippen molar-refractivity contribution >= 4 is 15.9 Å². The van der Waals surface area contributed by atoms with Crippen molar-refractivity contribution in [2.45, 2.75) is 6.18 Å². The summed E-state index contributed by atoms with van der Waals surface area (Å²) < 4.78 is 39.7. The molecule has 0 amide bonds. The number of benzene rings is 1. The van der Waals surface area contributed by atoms with Gasteiger partial charge in [0.05, 0.1) is 5.69 Å². The zero-order chi connectivity index (χ0) is 14.2. The van der Waals surface area contributed by atoms with Crippen molar-refractivity contribution in [1.82, 2.24) is 9.55 Å². The standard InChI is InChI=1S/C12H8BrF3N2O/c1-18-10(12(14,15)16)6-9(17-11(18)19)7-2-4-8(13)5-3-7/h2-6H,1H3. The first kappa shape index (κ1) is 13.8. The lowest BCUT2D eigenvalue weighted by Gasteiger charge is -2.12. The Balaban J connectivity index is 2.63. The van der Waals surface area contributed by atoms with Crippen molar-refractivity contribution in [2.75, 3.05) is 0 Å². The second-order valence-corrected chi connectivity index (χ2v) is 4.79. The van der Waals surface area contributed by atoms with Crippen LogP contribution in [0, 0.1) is 0 Å². The van der Waals surface area contributed by atoms with Gasteiger partial charge in [-0.15, -0.1) is 0 Å². The van der Waals surface area contributed by atoms with Crippen LogP contribution in [0.25, 0.3) is 11.3 Å². The largest absolute Gasteiger partial charge is 0.431 e. The van der Waals surface area contributed by atoms with E-state index in [0.717, 1.165) is 17.6 Å². The SMILES string of the molecule is Cn1c(C(F)(F)F)cc(-c2ccc(Br)cc2)nc1=O. The summed E-state index contributed by atoms with van der Waals surface area (Å²) in [7, 11) is 1.05. The molecule has 0 saturated carbocycles. The highest BCUT2D eigenvalue weighted by Gasteiger charge is 2.34. The van der Waals surface area contributed by atoms with E-state index < -0.39 is 17.6 Å². The topological polar surface area (TPSA) is 34.9 Å². The molecule has 3 nitrogen and oxygen atoms in total. The molecule has 1 heterocycles. The minimum atomic E-state index is -4.60. The number of hydrogen-bond acceptors (Lipinski definition) is 2. The molecule has 0 aliphatic rings. The van der Waals surface area contributed by atoms with Gasteiger partial charge in [-0.25, -0.2) is 4.79 Å². The Morgan fingerprint density at radius 2 is 1.79 bits per heavy atom. The molecule has 7 heteroatoms. The van der Waals surface area contributed by atoms with Crippen molar-refractivity contribution in [3.8, 4) is 11.3 Å². The lowest BCUT2D eigenvalue weighted by Crippen LogP contribution is -2.28. The second kappa shape index (κ2) is 4.80. The van der Waals surface area contributed by atoms with E-state index in [9.17, 15) is 18.0 Å². The fraction of sp³-hybridized carbons (Fsp3) is 0.167. The zero-order valence-corrected chi connectivity index (χ0v) is 11.3. The average Bonchev–Trinajstić information content (AvgIpc) is 2.32. The van der Waals surface area contributed by atoms with Crippen molar-refractivity contribution in [2.24, 2.45) is 7.05 Å². The quantitative estimate of drug-likeness (QED) is 0.803. The number of rotatable bonds is 1. The minimum absolute atomic E-state index is 0.00271. The van der Waals surface area contributed by atoms with Crippen molar-refractivity contribution in [3.63, 3.8) is 0 Å². The molecule has 0 N–H and O–H groups in total. The van der Waals surface area contributed by atoms with Crippen LogP contribution in [0.2, 0.25) is 0 Å². The smallest absolute Gasteiger partial charge is 0.291 e. The summed E-state index contributed by atoms with van der Waals surface area (Å²) in [6.07, 6.45) is -4.60. The minimum Gasteiger partial charge on any atom is -0.291 e. The maximum atomic E-state index is 12.8. The summed E-state index contributed by atoms with van der Waals surface area (Å²) in [6.45, 7) is 0. The van der Waals surface area contributed by atoms with Crippen molar-refractivity contribution < 1.29 is 13.2 Å². The summed E-state index contributed by atoms with van der Waals surface area (Å²) in [6, 6.07) is 7.38. The van der Waals surface area contributed by atoms with Crippen LogP contribution in [-0.2, 0) is 13.2 Å². The highest BCUT2D eigenvalue weighted by atomic mass is 79.9. The van der Waals surface area contributed by atoms with Gasteiger partial charge in [-0.1, -0.05) is 28.1 Å². The van der Waals surface area contributed by atoms with Crippen LogP contribution < -0.4 is 5.69 Å². The van der Waals surface area contributed by atoms with Crippen LogP contribution in [0.5, 0.6) is 0 Å². The Bertz CT molecular complexity index is 662. The van der Waals surface area contributed by atoms with Gasteiger partial charge in [0.15, 0.2) is 0 Å². The first-order valence-electron chi connectivity index (χ1n) is 5.20. The predicted octanol–water partition coefficient (Wildman–Crippen LogP) is 3.23. The molecule has 19 heavy (non-hydrogen) atoms. The van der Waals surface area contributed by atoms with Crippen molar-refractivity contribution in [1.29, 1.82) is 0 Å². The molecule has 0 radical (unpaired) electrons. The van der Waals surface area contributed by atoms with Crippen LogP contribution in [0.3, 0.4) is 0 Å². The molecule has 0 bridgehead atoms. The third-order valence-corrected chi connectivity index (χ3v) is 3.10. The average molecular weight is 333 g/mol. The summed E-state index contributed by atoms with van der Waals surface area (Å²) in [5.41, 5.74) is -1.51. The van der Waals surface area contributed by atoms with E-state index in [1.54, 1.807) is 24.3 Å². The van der Waals surface area contributed by atoms with Crippen LogP contribution in [0.4, 0.5) is 13.2 Å². The lowest BCUT2D eigenvalue weighted by atomic mass is 10.1. The number of alkyl halides is 3. The highest BCUT2D eigenvalue weighted by molar-refractivity contribution is 9.10. The highest BCUT2D eigenvalue weighted by Crippen LogP contribution is 2.30. The fourth-order valence-corrected chi connectivity index (χ4v) is 1.84. The number of aromatic nitrogens is 2.